The molecule has 1 heterocycles. The summed E-state index contributed by atoms with van der Waals surface area (Å²) in [6, 6.07) is 12.2. The number of halogens is 2. The monoisotopic (exact) mass is 355 g/mol. The van der Waals surface area contributed by atoms with Gasteiger partial charge in [0.05, 0.1) is 0 Å². The lowest BCUT2D eigenvalue weighted by molar-refractivity contribution is -0.154. The minimum absolute atomic E-state index is 0.108. The molecule has 0 aromatic heterocycles. The van der Waals surface area contributed by atoms with E-state index in [9.17, 15) is 13.6 Å². The van der Waals surface area contributed by atoms with Crippen LogP contribution in [0.2, 0.25) is 0 Å². The number of benzene rings is 2. The highest BCUT2D eigenvalue weighted by atomic mass is 19.1. The summed E-state index contributed by atoms with van der Waals surface area (Å²) in [6.45, 7) is 3.85. The molecule has 1 saturated heterocycles. The zero-order valence-electron chi connectivity index (χ0n) is 15.1. The van der Waals surface area contributed by atoms with Crippen molar-refractivity contribution in [1.82, 2.24) is 5.32 Å². The number of ketones is 1. The van der Waals surface area contributed by atoms with E-state index in [0.717, 1.165) is 6.42 Å². The smallest absolute Gasteiger partial charge is 0.148 e. The average molecular weight is 355 g/mol. The Morgan fingerprint density at radius 3 is 1.69 bits per heavy atom. The largest absolute Gasteiger partial charge is 0.301 e. The number of fused-ring (bicyclic) bond motifs is 2. The van der Waals surface area contributed by atoms with Gasteiger partial charge in [-0.3, -0.25) is 4.79 Å². The fourth-order valence-corrected chi connectivity index (χ4v) is 5.07. The van der Waals surface area contributed by atoms with Crippen LogP contribution in [0.15, 0.2) is 48.5 Å². The number of carbonyl (C=O) groups excluding carboxylic acids is 1. The van der Waals surface area contributed by atoms with Crippen molar-refractivity contribution in [2.45, 2.75) is 45.2 Å². The van der Waals surface area contributed by atoms with E-state index in [2.05, 4.69) is 5.32 Å². The van der Waals surface area contributed by atoms with E-state index < -0.39 is 22.9 Å². The maximum atomic E-state index is 14.6. The minimum atomic E-state index is -0.697. The first kappa shape index (κ1) is 17.3. The van der Waals surface area contributed by atoms with Crippen LogP contribution in [0.4, 0.5) is 8.78 Å². The van der Waals surface area contributed by atoms with Gasteiger partial charge >= 0.3 is 0 Å². The van der Waals surface area contributed by atoms with E-state index in [4.69, 9.17) is 0 Å². The molecule has 0 radical (unpaired) electrons. The molecular formula is C22H23F2NO. The van der Waals surface area contributed by atoms with E-state index in [0.29, 0.717) is 24.0 Å². The van der Waals surface area contributed by atoms with Crippen molar-refractivity contribution in [2.75, 3.05) is 0 Å². The summed E-state index contributed by atoms with van der Waals surface area (Å²) < 4.78 is 29.1. The van der Waals surface area contributed by atoms with Gasteiger partial charge in [-0.1, -0.05) is 56.7 Å². The highest BCUT2D eigenvalue weighted by molar-refractivity contribution is 5.93. The Morgan fingerprint density at radius 1 is 0.846 bits per heavy atom. The fourth-order valence-electron chi connectivity index (χ4n) is 5.07. The van der Waals surface area contributed by atoms with Gasteiger partial charge < -0.3 is 5.32 Å². The number of piperidine rings is 1. The molecule has 2 unspecified atom stereocenters. The van der Waals surface area contributed by atoms with E-state index in [1.165, 1.54) is 12.1 Å². The van der Waals surface area contributed by atoms with Gasteiger partial charge in [-0.25, -0.2) is 8.78 Å². The van der Waals surface area contributed by atoms with Crippen molar-refractivity contribution < 1.29 is 13.6 Å². The van der Waals surface area contributed by atoms with Gasteiger partial charge in [0.1, 0.15) is 17.4 Å². The van der Waals surface area contributed by atoms with Crippen molar-refractivity contribution >= 4 is 5.78 Å². The van der Waals surface area contributed by atoms with Crippen LogP contribution in [0.5, 0.6) is 0 Å². The van der Waals surface area contributed by atoms with E-state index in [-0.39, 0.29) is 17.4 Å². The molecule has 1 aliphatic heterocycles. The van der Waals surface area contributed by atoms with E-state index in [1.807, 2.05) is 13.8 Å². The molecule has 0 amide bonds. The molecule has 2 aromatic carbocycles. The fraction of sp³-hybridized carbons (Fsp3) is 0.409. The minimum Gasteiger partial charge on any atom is -0.301 e. The lowest BCUT2D eigenvalue weighted by Gasteiger charge is -2.56. The third-order valence-corrected chi connectivity index (χ3v) is 6.47. The lowest BCUT2D eigenvalue weighted by atomic mass is 9.52. The first-order valence-corrected chi connectivity index (χ1v) is 9.18. The molecule has 4 atom stereocenters. The van der Waals surface area contributed by atoms with Gasteiger partial charge in [-0.15, -0.1) is 0 Å². The zero-order valence-corrected chi connectivity index (χ0v) is 15.1. The van der Waals surface area contributed by atoms with Gasteiger partial charge in [-0.05, 0) is 25.0 Å². The number of rotatable bonds is 2. The van der Waals surface area contributed by atoms with Gasteiger partial charge in [0.2, 0.25) is 0 Å². The first-order valence-electron chi connectivity index (χ1n) is 9.18. The van der Waals surface area contributed by atoms with Crippen LogP contribution in [0, 0.1) is 22.5 Å². The lowest BCUT2D eigenvalue weighted by Crippen LogP contribution is -2.61. The number of hydrogen-bond acceptors (Lipinski definition) is 2. The molecule has 136 valence electrons. The summed E-state index contributed by atoms with van der Waals surface area (Å²) in [6.07, 6.45) is 2.28. The Balaban J connectivity index is 1.88. The Morgan fingerprint density at radius 2 is 1.27 bits per heavy atom. The quantitative estimate of drug-likeness (QED) is 0.810. The van der Waals surface area contributed by atoms with Crippen LogP contribution in [0.25, 0.3) is 0 Å². The number of Topliss-reactive ketones (excluding diaryl/α,β-unsaturated/α-hetero) is 1. The van der Waals surface area contributed by atoms with Crippen molar-refractivity contribution in [3.63, 3.8) is 0 Å². The summed E-state index contributed by atoms with van der Waals surface area (Å²) in [7, 11) is 0. The molecule has 4 heteroatoms. The number of carbonyl (C=O) groups is 1. The van der Waals surface area contributed by atoms with Gasteiger partial charge in [0.15, 0.2) is 0 Å². The van der Waals surface area contributed by atoms with Gasteiger partial charge in [0, 0.05) is 34.0 Å². The summed E-state index contributed by atoms with van der Waals surface area (Å²) in [5.41, 5.74) is -0.434. The Labute approximate surface area is 152 Å². The molecular weight excluding hydrogens is 332 g/mol. The van der Waals surface area contributed by atoms with E-state index >= 15 is 0 Å². The molecule has 26 heavy (non-hydrogen) atoms. The molecule has 2 fully saturated rings. The maximum absolute atomic E-state index is 14.6. The number of nitrogens with one attached hydrogen (secondary N) is 1. The van der Waals surface area contributed by atoms with Crippen LogP contribution in [0.3, 0.4) is 0 Å². The molecule has 2 aromatic rings. The molecule has 0 spiro atoms. The second-order valence-corrected chi connectivity index (χ2v) is 8.09. The standard InChI is InChI=1S/C22H23F2NO/c1-21-12-7-13-22(2,20(21)26)19(15-9-4-6-11-17(15)24)25-18(21)14-8-3-5-10-16(14)23/h3-6,8-11,18-19,25H,7,12-13H2,1-2H3/t18?,19?,21-,22+. The first-order chi connectivity index (χ1) is 12.4. The van der Waals surface area contributed by atoms with Crippen LogP contribution in [0.1, 0.15) is 56.3 Å². The molecule has 1 saturated carbocycles. The third kappa shape index (κ3) is 2.35. The molecule has 1 aliphatic carbocycles. The van der Waals surface area contributed by atoms with Crippen LogP contribution < -0.4 is 5.32 Å². The van der Waals surface area contributed by atoms with Crippen LogP contribution in [-0.2, 0) is 4.79 Å². The Hall–Kier alpha value is -2.07. The summed E-state index contributed by atoms with van der Waals surface area (Å²) >= 11 is 0. The predicted molar refractivity (Wildman–Crippen MR) is 96.5 cm³/mol. The second-order valence-electron chi connectivity index (χ2n) is 8.09. The Kier molecular flexibility index (Phi) is 3.99. The third-order valence-electron chi connectivity index (χ3n) is 6.47. The molecule has 2 aliphatic rings. The van der Waals surface area contributed by atoms with Crippen molar-refractivity contribution in [3.8, 4) is 0 Å². The van der Waals surface area contributed by atoms with Crippen molar-refractivity contribution in [3.05, 3.63) is 71.3 Å². The van der Waals surface area contributed by atoms with Gasteiger partial charge in [0.25, 0.3) is 0 Å². The van der Waals surface area contributed by atoms with Crippen molar-refractivity contribution in [1.29, 1.82) is 0 Å². The van der Waals surface area contributed by atoms with E-state index in [1.54, 1.807) is 36.4 Å². The average Bonchev–Trinajstić information content (AvgIpc) is 2.61. The highest BCUT2D eigenvalue weighted by Gasteiger charge is 2.60. The molecule has 1 N–H and O–H groups in total. The van der Waals surface area contributed by atoms with Crippen LogP contribution in [-0.4, -0.2) is 5.78 Å². The molecule has 2 bridgehead atoms. The summed E-state index contributed by atoms with van der Waals surface area (Å²) in [5.74, 6) is -0.558. The second kappa shape index (κ2) is 5.98. The Bertz CT molecular complexity index is 799. The SMILES string of the molecule is C[C@]12CCC[C@](C)(C1=O)C(c1ccccc1F)NC2c1ccccc1F. The van der Waals surface area contributed by atoms with Gasteiger partial charge in [-0.2, -0.15) is 0 Å². The molecule has 4 rings (SSSR count). The summed E-state index contributed by atoms with van der Waals surface area (Å²) in [5, 5.41) is 3.48. The predicted octanol–water partition coefficient (Wildman–Crippen LogP) is 5.12. The normalized spacial score (nSPS) is 33.9. The van der Waals surface area contributed by atoms with Crippen molar-refractivity contribution in [2.24, 2.45) is 10.8 Å². The summed E-state index contributed by atoms with van der Waals surface area (Å²) in [4.78, 5) is 13.6. The molecule has 2 nitrogen and oxygen atoms in total. The zero-order chi connectivity index (χ0) is 18.5. The van der Waals surface area contributed by atoms with Crippen LogP contribution >= 0.6 is 0 Å². The number of hydrogen-bond donors (Lipinski definition) is 1. The highest BCUT2D eigenvalue weighted by Crippen LogP contribution is 2.59. The maximum Gasteiger partial charge on any atom is 0.148 e. The topological polar surface area (TPSA) is 29.1 Å².